The van der Waals surface area contributed by atoms with Crippen LogP contribution in [-0.4, -0.2) is 5.97 Å². The number of carbonyl (C=O) groups excluding carboxylic acids is 1. The smallest absolute Gasteiger partial charge is 0.550 e. The summed E-state index contributed by atoms with van der Waals surface area (Å²) in [6, 6.07) is 0. The van der Waals surface area contributed by atoms with Gasteiger partial charge < -0.3 is 9.90 Å². The summed E-state index contributed by atoms with van der Waals surface area (Å²) in [5, 5.41) is 10.3. The number of carbonyl (C=O) groups is 1. The summed E-state index contributed by atoms with van der Waals surface area (Å²) in [5.74, 6) is -0.901. The molecule has 0 fully saturated rings. The first kappa shape index (κ1) is 28.3. The fourth-order valence-corrected chi connectivity index (χ4v) is 3.52. The molecule has 0 saturated carbocycles. The predicted octanol–water partition coefficient (Wildman–Crippen LogP) is 3.95. The first-order chi connectivity index (χ1) is 12.3. The van der Waals surface area contributed by atoms with Gasteiger partial charge in [0.05, 0.1) is 0 Å². The molecule has 0 bridgehead atoms. The summed E-state index contributed by atoms with van der Waals surface area (Å²) in [6.07, 6.45) is 27.2. The van der Waals surface area contributed by atoms with Crippen LogP contribution in [0.4, 0.5) is 0 Å². The van der Waals surface area contributed by atoms with Gasteiger partial charge in [-0.2, -0.15) is 0 Å². The Labute approximate surface area is 176 Å². The predicted molar refractivity (Wildman–Crippen MR) is 108 cm³/mol. The minimum atomic E-state index is -0.901. The van der Waals surface area contributed by atoms with Crippen LogP contribution in [0.1, 0.15) is 142 Å². The summed E-state index contributed by atoms with van der Waals surface area (Å²) in [5.41, 5.74) is 0. The number of carboxylic acids is 1. The van der Waals surface area contributed by atoms with E-state index in [9.17, 15) is 9.90 Å². The first-order valence-corrected chi connectivity index (χ1v) is 11.5. The van der Waals surface area contributed by atoms with Gasteiger partial charge in [0.1, 0.15) is 0 Å². The summed E-state index contributed by atoms with van der Waals surface area (Å²) in [7, 11) is 0. The maximum absolute atomic E-state index is 10.3. The van der Waals surface area contributed by atoms with Gasteiger partial charge in [-0.1, -0.05) is 129 Å². The molecule has 0 aromatic heterocycles. The van der Waals surface area contributed by atoms with Crippen LogP contribution < -0.4 is 24.0 Å². The third-order valence-electron chi connectivity index (χ3n) is 5.23. The fourth-order valence-electron chi connectivity index (χ4n) is 3.52. The van der Waals surface area contributed by atoms with E-state index in [2.05, 4.69) is 6.92 Å². The number of aliphatic carboxylic acids is 1. The molecule has 2 nitrogen and oxygen atoms in total. The van der Waals surface area contributed by atoms with Gasteiger partial charge in [-0.05, 0) is 12.8 Å². The Balaban J connectivity index is 0. The van der Waals surface area contributed by atoms with Crippen molar-refractivity contribution in [2.24, 2.45) is 0 Å². The van der Waals surface area contributed by atoms with Gasteiger partial charge in [-0.25, -0.2) is 0 Å². The number of hydrogen-bond acceptors (Lipinski definition) is 2. The summed E-state index contributed by atoms with van der Waals surface area (Å²) < 4.78 is 0. The van der Waals surface area contributed by atoms with Crippen molar-refractivity contribution >= 4 is 5.97 Å². The maximum Gasteiger partial charge on any atom is 1.00 e. The topological polar surface area (TPSA) is 40.1 Å². The normalized spacial score (nSPS) is 10.7. The van der Waals surface area contributed by atoms with Gasteiger partial charge in [0.25, 0.3) is 0 Å². The Morgan fingerprint density at radius 2 is 0.731 bits per heavy atom. The third-order valence-corrected chi connectivity index (χ3v) is 5.23. The van der Waals surface area contributed by atoms with E-state index in [0.717, 1.165) is 12.8 Å². The van der Waals surface area contributed by atoms with Crippen molar-refractivity contribution in [1.82, 2.24) is 0 Å². The molecule has 0 atom stereocenters. The second-order valence-electron chi connectivity index (χ2n) is 7.84. The van der Waals surface area contributed by atoms with E-state index in [1.54, 1.807) is 0 Å². The van der Waals surface area contributed by atoms with Crippen LogP contribution in [0.25, 0.3) is 0 Å². The standard InChI is InChI=1S/C23H46O2.Li/c1-2-3-4-5-6-7-8-9-10-11-12-13-14-15-16-17-18-19-20-21-22-23(24)25;/h2-22H2,1H3,(H,24,25);/q;+1/p-1. The van der Waals surface area contributed by atoms with Crippen molar-refractivity contribution in [2.45, 2.75) is 142 Å². The zero-order valence-corrected chi connectivity index (χ0v) is 18.2. The van der Waals surface area contributed by atoms with Crippen LogP contribution in [-0.2, 0) is 4.79 Å². The molecule has 0 amide bonds. The summed E-state index contributed by atoms with van der Waals surface area (Å²) in [6.45, 7) is 2.28. The molecular weight excluding hydrogens is 315 g/mol. The Bertz CT molecular complexity index is 269. The third kappa shape index (κ3) is 26.3. The van der Waals surface area contributed by atoms with Gasteiger partial charge in [-0.3, -0.25) is 0 Å². The molecule has 0 aromatic rings. The van der Waals surface area contributed by atoms with Crippen LogP contribution in [0.5, 0.6) is 0 Å². The number of rotatable bonds is 21. The second kappa shape index (κ2) is 25.1. The van der Waals surface area contributed by atoms with E-state index < -0.39 is 5.97 Å². The fraction of sp³-hybridized carbons (Fsp3) is 0.957. The Morgan fingerprint density at radius 1 is 0.500 bits per heavy atom. The minimum Gasteiger partial charge on any atom is -0.550 e. The molecule has 0 aliphatic heterocycles. The largest absolute Gasteiger partial charge is 1.00 e. The molecule has 26 heavy (non-hydrogen) atoms. The van der Waals surface area contributed by atoms with Crippen molar-refractivity contribution in [1.29, 1.82) is 0 Å². The SMILES string of the molecule is CCCCCCCCCCCCCCCCCCCCCCC(=O)[O-].[Li+]. The van der Waals surface area contributed by atoms with E-state index in [4.69, 9.17) is 0 Å². The zero-order chi connectivity index (χ0) is 18.4. The van der Waals surface area contributed by atoms with Crippen molar-refractivity contribution < 1.29 is 28.8 Å². The molecule has 3 heteroatoms. The number of hydrogen-bond donors (Lipinski definition) is 0. The Hall–Kier alpha value is 0.0674. The monoisotopic (exact) mass is 360 g/mol. The van der Waals surface area contributed by atoms with E-state index >= 15 is 0 Å². The average molecular weight is 361 g/mol. The molecule has 0 aliphatic carbocycles. The Morgan fingerprint density at radius 3 is 0.962 bits per heavy atom. The van der Waals surface area contributed by atoms with Crippen LogP contribution in [0.15, 0.2) is 0 Å². The van der Waals surface area contributed by atoms with Crippen molar-refractivity contribution in [3.05, 3.63) is 0 Å². The second-order valence-corrected chi connectivity index (χ2v) is 7.84. The van der Waals surface area contributed by atoms with Crippen LogP contribution >= 0.6 is 0 Å². The number of carboxylic acid groups (broad SMARTS) is 1. The van der Waals surface area contributed by atoms with Crippen molar-refractivity contribution in [3.8, 4) is 0 Å². The van der Waals surface area contributed by atoms with Gasteiger partial charge in [0, 0.05) is 5.97 Å². The van der Waals surface area contributed by atoms with Crippen LogP contribution in [0.2, 0.25) is 0 Å². The Kier molecular flexibility index (Phi) is 27.3. The van der Waals surface area contributed by atoms with Gasteiger partial charge in [0.15, 0.2) is 0 Å². The maximum atomic E-state index is 10.3. The molecule has 0 saturated heterocycles. The molecule has 0 radical (unpaired) electrons. The van der Waals surface area contributed by atoms with Gasteiger partial charge in [-0.15, -0.1) is 0 Å². The minimum absolute atomic E-state index is 0. The molecule has 0 aromatic carbocycles. The zero-order valence-electron chi connectivity index (χ0n) is 18.2. The van der Waals surface area contributed by atoms with E-state index in [-0.39, 0.29) is 25.3 Å². The molecule has 0 heterocycles. The molecule has 0 N–H and O–H groups in total. The molecule has 0 rings (SSSR count). The molecule has 0 spiro atoms. The van der Waals surface area contributed by atoms with E-state index in [1.807, 2.05) is 0 Å². The molecule has 0 aliphatic rings. The van der Waals surface area contributed by atoms with Crippen LogP contribution in [0, 0.1) is 0 Å². The molecule has 150 valence electrons. The number of unbranched alkanes of at least 4 members (excludes halogenated alkanes) is 19. The summed E-state index contributed by atoms with van der Waals surface area (Å²) >= 11 is 0. The van der Waals surface area contributed by atoms with E-state index in [0.29, 0.717) is 0 Å². The van der Waals surface area contributed by atoms with Crippen LogP contribution in [0.3, 0.4) is 0 Å². The average Bonchev–Trinajstić information content (AvgIpc) is 2.60. The quantitative estimate of drug-likeness (QED) is 0.230. The van der Waals surface area contributed by atoms with Gasteiger partial charge in [0.2, 0.25) is 0 Å². The van der Waals surface area contributed by atoms with Crippen molar-refractivity contribution in [3.63, 3.8) is 0 Å². The van der Waals surface area contributed by atoms with E-state index in [1.165, 1.54) is 116 Å². The molecular formula is C23H45LiO2. The van der Waals surface area contributed by atoms with Gasteiger partial charge >= 0.3 is 18.9 Å². The van der Waals surface area contributed by atoms with Crippen molar-refractivity contribution in [2.75, 3.05) is 0 Å². The molecule has 0 unspecified atom stereocenters. The summed E-state index contributed by atoms with van der Waals surface area (Å²) in [4.78, 5) is 10.3. The first-order valence-electron chi connectivity index (χ1n) is 11.5.